The van der Waals surface area contributed by atoms with Gasteiger partial charge in [0.15, 0.2) is 11.5 Å². The SMILES string of the molecule is CC1CN(CC(O)Cn2ccc(-c3ccc(OCF)c(O)c3)n2)CC(C)O1. The highest BCUT2D eigenvalue weighted by molar-refractivity contribution is 5.63. The largest absolute Gasteiger partial charge is 0.504 e. The predicted molar refractivity (Wildman–Crippen MR) is 98.4 cm³/mol. The first kappa shape index (κ1) is 19.6. The van der Waals surface area contributed by atoms with Gasteiger partial charge < -0.3 is 19.7 Å². The number of aliphatic hydroxyl groups excluding tert-OH is 1. The molecule has 0 spiro atoms. The van der Waals surface area contributed by atoms with Crippen LogP contribution in [0.3, 0.4) is 0 Å². The monoisotopic (exact) mass is 379 g/mol. The Hall–Kier alpha value is -2.16. The zero-order valence-corrected chi connectivity index (χ0v) is 15.6. The molecule has 3 unspecified atom stereocenters. The van der Waals surface area contributed by atoms with Crippen molar-refractivity contribution < 1.29 is 24.1 Å². The molecule has 1 aromatic carbocycles. The smallest absolute Gasteiger partial charge is 0.228 e. The van der Waals surface area contributed by atoms with Crippen LogP contribution in [0.25, 0.3) is 11.3 Å². The molecule has 27 heavy (non-hydrogen) atoms. The van der Waals surface area contributed by atoms with Crippen molar-refractivity contribution in [3.63, 3.8) is 0 Å². The molecule has 0 bridgehead atoms. The number of phenolic OH excluding ortho intramolecular Hbond substituents is 1. The molecule has 7 nitrogen and oxygen atoms in total. The minimum atomic E-state index is -1.000. The second-order valence-electron chi connectivity index (χ2n) is 6.99. The first-order chi connectivity index (χ1) is 12.9. The number of phenols is 1. The summed E-state index contributed by atoms with van der Waals surface area (Å²) in [5.74, 6) is -0.0552. The standard InChI is InChI=1S/C19H26FN3O4/c1-13-8-22(9-14(2)27-13)10-16(24)11-23-6-5-17(21-23)15-3-4-19(26-12-20)18(25)7-15/h3-7,13-14,16,24-25H,8-12H2,1-2H3. The van der Waals surface area contributed by atoms with E-state index in [1.54, 1.807) is 23.0 Å². The third-order valence-electron chi connectivity index (χ3n) is 4.47. The van der Waals surface area contributed by atoms with Gasteiger partial charge >= 0.3 is 0 Å². The van der Waals surface area contributed by atoms with Gasteiger partial charge in [0.05, 0.1) is 30.6 Å². The summed E-state index contributed by atoms with van der Waals surface area (Å²) in [5.41, 5.74) is 1.33. The van der Waals surface area contributed by atoms with Gasteiger partial charge in [0.25, 0.3) is 0 Å². The number of halogens is 1. The molecule has 3 atom stereocenters. The molecule has 1 aliphatic heterocycles. The van der Waals surface area contributed by atoms with Crippen molar-refractivity contribution in [1.82, 2.24) is 14.7 Å². The number of aliphatic hydroxyl groups is 1. The molecule has 0 amide bonds. The average Bonchev–Trinajstić information content (AvgIpc) is 3.04. The Morgan fingerprint density at radius 2 is 2.00 bits per heavy atom. The van der Waals surface area contributed by atoms with Gasteiger partial charge in [-0.05, 0) is 38.1 Å². The third kappa shape index (κ3) is 5.18. The van der Waals surface area contributed by atoms with Gasteiger partial charge in [-0.25, -0.2) is 4.39 Å². The second-order valence-corrected chi connectivity index (χ2v) is 6.99. The molecule has 1 aliphatic rings. The maximum absolute atomic E-state index is 12.2. The van der Waals surface area contributed by atoms with Crippen LogP contribution in [0, 0.1) is 0 Å². The number of benzene rings is 1. The van der Waals surface area contributed by atoms with Crippen LogP contribution in [0.15, 0.2) is 30.5 Å². The minimum Gasteiger partial charge on any atom is -0.504 e. The molecule has 0 saturated carbocycles. The zero-order chi connectivity index (χ0) is 19.4. The molecular formula is C19H26FN3O4. The van der Waals surface area contributed by atoms with Gasteiger partial charge in [0.2, 0.25) is 6.86 Å². The lowest BCUT2D eigenvalue weighted by molar-refractivity contribution is -0.0774. The van der Waals surface area contributed by atoms with Gasteiger partial charge in [0, 0.05) is 31.4 Å². The molecule has 1 aromatic heterocycles. The van der Waals surface area contributed by atoms with Crippen molar-refractivity contribution in [1.29, 1.82) is 0 Å². The Morgan fingerprint density at radius 1 is 1.26 bits per heavy atom. The number of alkyl halides is 1. The molecule has 8 heteroatoms. The normalized spacial score (nSPS) is 21.9. The summed E-state index contributed by atoms with van der Waals surface area (Å²) in [6.07, 6.45) is 1.55. The van der Waals surface area contributed by atoms with E-state index < -0.39 is 13.0 Å². The summed E-state index contributed by atoms with van der Waals surface area (Å²) in [7, 11) is 0. The van der Waals surface area contributed by atoms with Crippen molar-refractivity contribution in [3.05, 3.63) is 30.5 Å². The summed E-state index contributed by atoms with van der Waals surface area (Å²) in [6.45, 7) is 5.61. The van der Waals surface area contributed by atoms with Crippen molar-refractivity contribution in [3.8, 4) is 22.8 Å². The van der Waals surface area contributed by atoms with Crippen molar-refractivity contribution in [2.45, 2.75) is 38.7 Å². The van der Waals surface area contributed by atoms with E-state index in [-0.39, 0.29) is 23.7 Å². The molecule has 3 rings (SSSR count). The first-order valence-electron chi connectivity index (χ1n) is 9.06. The van der Waals surface area contributed by atoms with Gasteiger partial charge in [-0.15, -0.1) is 0 Å². The molecular weight excluding hydrogens is 353 g/mol. The fraction of sp³-hybridized carbons (Fsp3) is 0.526. The van der Waals surface area contributed by atoms with E-state index >= 15 is 0 Å². The number of hydrogen-bond donors (Lipinski definition) is 2. The molecule has 1 saturated heterocycles. The Bertz CT molecular complexity index is 744. The summed E-state index contributed by atoms with van der Waals surface area (Å²) in [6, 6.07) is 6.48. The number of hydrogen-bond acceptors (Lipinski definition) is 6. The Kier molecular flexibility index (Phi) is 6.30. The van der Waals surface area contributed by atoms with Gasteiger partial charge in [-0.1, -0.05) is 0 Å². The number of β-amino-alcohol motifs (C(OH)–C–C–N with tert-alkyl or cyclic N) is 1. The van der Waals surface area contributed by atoms with Gasteiger partial charge in [-0.3, -0.25) is 9.58 Å². The fourth-order valence-electron chi connectivity index (χ4n) is 3.48. The quantitative estimate of drug-likeness (QED) is 0.766. The highest BCUT2D eigenvalue weighted by atomic mass is 19.1. The molecule has 1 fully saturated rings. The molecule has 0 aliphatic carbocycles. The number of aromatic hydroxyl groups is 1. The van der Waals surface area contributed by atoms with Gasteiger partial charge in [-0.2, -0.15) is 5.10 Å². The van der Waals surface area contributed by atoms with Gasteiger partial charge in [0.1, 0.15) is 0 Å². The maximum atomic E-state index is 12.2. The number of ether oxygens (including phenoxy) is 2. The third-order valence-corrected chi connectivity index (χ3v) is 4.47. The van der Waals surface area contributed by atoms with E-state index in [9.17, 15) is 14.6 Å². The first-order valence-corrected chi connectivity index (χ1v) is 9.06. The van der Waals surface area contributed by atoms with E-state index in [4.69, 9.17) is 4.74 Å². The highest BCUT2D eigenvalue weighted by Gasteiger charge is 2.24. The zero-order valence-electron chi connectivity index (χ0n) is 15.6. The van der Waals surface area contributed by atoms with Crippen LogP contribution in [0.1, 0.15) is 13.8 Å². The van der Waals surface area contributed by atoms with Crippen molar-refractivity contribution in [2.75, 3.05) is 26.5 Å². The van der Waals surface area contributed by atoms with Crippen molar-refractivity contribution >= 4 is 0 Å². The van der Waals surface area contributed by atoms with E-state index in [1.807, 2.05) is 13.8 Å². The topological polar surface area (TPSA) is 80.0 Å². The molecule has 2 heterocycles. The van der Waals surface area contributed by atoms with E-state index in [1.165, 1.54) is 12.1 Å². The molecule has 0 radical (unpaired) electrons. The molecule has 2 aromatic rings. The van der Waals surface area contributed by atoms with E-state index in [0.717, 1.165) is 13.1 Å². The average molecular weight is 379 g/mol. The maximum Gasteiger partial charge on any atom is 0.228 e. The molecule has 148 valence electrons. The van der Waals surface area contributed by atoms with Crippen LogP contribution in [-0.4, -0.2) is 69.7 Å². The van der Waals surface area contributed by atoms with Crippen LogP contribution < -0.4 is 4.74 Å². The predicted octanol–water partition coefficient (Wildman–Crippen LogP) is 2.03. The summed E-state index contributed by atoms with van der Waals surface area (Å²) in [5, 5.41) is 24.7. The highest BCUT2D eigenvalue weighted by Crippen LogP contribution is 2.31. The Morgan fingerprint density at radius 3 is 2.67 bits per heavy atom. The Labute approximate surface area is 157 Å². The summed E-state index contributed by atoms with van der Waals surface area (Å²) < 4.78 is 24.3. The number of nitrogens with zero attached hydrogens (tertiary/aromatic N) is 3. The second kappa shape index (κ2) is 8.69. The number of rotatable bonds is 7. The van der Waals surface area contributed by atoms with Crippen LogP contribution in [0.4, 0.5) is 4.39 Å². The lowest BCUT2D eigenvalue weighted by Crippen LogP contribution is -2.48. The lowest BCUT2D eigenvalue weighted by atomic mass is 10.1. The summed E-state index contributed by atoms with van der Waals surface area (Å²) in [4.78, 5) is 2.20. The number of morpholine rings is 1. The van der Waals surface area contributed by atoms with Crippen LogP contribution in [0.5, 0.6) is 11.5 Å². The van der Waals surface area contributed by atoms with Crippen LogP contribution in [-0.2, 0) is 11.3 Å². The molecule has 2 N–H and O–H groups in total. The minimum absolute atomic E-state index is 0.0880. The van der Waals surface area contributed by atoms with E-state index in [2.05, 4.69) is 14.7 Å². The van der Waals surface area contributed by atoms with Crippen LogP contribution in [0.2, 0.25) is 0 Å². The number of aromatic nitrogens is 2. The van der Waals surface area contributed by atoms with Crippen molar-refractivity contribution in [2.24, 2.45) is 0 Å². The van der Waals surface area contributed by atoms with E-state index in [0.29, 0.717) is 24.3 Å². The summed E-state index contributed by atoms with van der Waals surface area (Å²) >= 11 is 0. The fourth-order valence-corrected chi connectivity index (χ4v) is 3.48. The Balaban J connectivity index is 1.59. The lowest BCUT2D eigenvalue weighted by Gasteiger charge is -2.36. The van der Waals surface area contributed by atoms with Crippen LogP contribution >= 0.6 is 0 Å².